The third-order valence-corrected chi connectivity index (χ3v) is 5.60. The van der Waals surface area contributed by atoms with Gasteiger partial charge in [-0.15, -0.1) is 10.2 Å². The van der Waals surface area contributed by atoms with Gasteiger partial charge in [-0.2, -0.15) is 4.80 Å². The molecule has 2 aromatic rings. The first-order valence-electron chi connectivity index (χ1n) is 8.36. The fourth-order valence-electron chi connectivity index (χ4n) is 3.23. The molecule has 0 bridgehead atoms. The molecule has 0 radical (unpaired) electrons. The Morgan fingerprint density at radius 1 is 1.33 bits per heavy atom. The number of carbonyl (C=O) groups excluding carboxylic acids is 1. The Kier molecular flexibility index (Phi) is 5.28. The number of rotatable bonds is 4. The van der Waals surface area contributed by atoms with Crippen LogP contribution < -0.4 is 5.32 Å². The summed E-state index contributed by atoms with van der Waals surface area (Å²) in [6, 6.07) is 7.93. The minimum atomic E-state index is -0.0583. The van der Waals surface area contributed by atoms with Gasteiger partial charge in [-0.05, 0) is 35.6 Å². The van der Waals surface area contributed by atoms with E-state index in [-0.39, 0.29) is 18.5 Å². The topological polar surface area (TPSA) is 72.7 Å². The number of benzene rings is 1. The van der Waals surface area contributed by atoms with Crippen LogP contribution in [0.1, 0.15) is 33.1 Å². The Bertz CT molecular complexity index is 717. The maximum Gasteiger partial charge on any atom is 0.243 e. The number of carbonyl (C=O) groups is 1. The molecular weight excluding hydrogens is 370 g/mol. The smallest absolute Gasteiger partial charge is 0.243 e. The summed E-state index contributed by atoms with van der Waals surface area (Å²) < 4.78 is 0.902. The summed E-state index contributed by atoms with van der Waals surface area (Å²) >= 11 is 3.47. The largest absolute Gasteiger partial charge is 0.351 e. The quantitative estimate of drug-likeness (QED) is 0.868. The average molecular weight is 392 g/mol. The summed E-state index contributed by atoms with van der Waals surface area (Å²) in [6.07, 6.45) is 3.46. The van der Waals surface area contributed by atoms with E-state index in [0.717, 1.165) is 16.5 Å². The molecule has 7 heteroatoms. The monoisotopic (exact) mass is 391 g/mol. The fourth-order valence-corrected chi connectivity index (χ4v) is 3.69. The average Bonchev–Trinajstić information content (AvgIpc) is 3.00. The van der Waals surface area contributed by atoms with Gasteiger partial charge < -0.3 is 5.32 Å². The van der Waals surface area contributed by atoms with E-state index < -0.39 is 0 Å². The van der Waals surface area contributed by atoms with Crippen LogP contribution in [-0.4, -0.2) is 32.2 Å². The molecule has 1 fully saturated rings. The van der Waals surface area contributed by atoms with E-state index in [2.05, 4.69) is 50.5 Å². The molecule has 0 saturated heterocycles. The first-order chi connectivity index (χ1) is 11.5. The number of hydrogen-bond acceptors (Lipinski definition) is 4. The van der Waals surface area contributed by atoms with E-state index in [4.69, 9.17) is 0 Å². The standard InChI is InChI=1S/C17H22BrN5O/c1-11-6-5-9-15(12(11)2)19-16(24)10-23-21-17(20-22-23)13-7-3-4-8-14(13)18/h3-4,7-8,11-12,15H,5-6,9-10H2,1-2H3,(H,19,24)/t11-,12-,15-/m1/s1. The highest BCUT2D eigenvalue weighted by Crippen LogP contribution is 2.29. The molecule has 1 aromatic heterocycles. The number of aromatic nitrogens is 4. The van der Waals surface area contributed by atoms with Gasteiger partial charge in [0.25, 0.3) is 0 Å². The molecule has 128 valence electrons. The van der Waals surface area contributed by atoms with Crippen molar-refractivity contribution in [3.8, 4) is 11.4 Å². The van der Waals surface area contributed by atoms with E-state index in [1.807, 2.05) is 24.3 Å². The molecule has 1 aliphatic rings. The molecular formula is C17H22BrN5O. The number of amides is 1. The van der Waals surface area contributed by atoms with Crippen LogP contribution in [0.3, 0.4) is 0 Å². The second-order valence-electron chi connectivity index (χ2n) is 6.56. The van der Waals surface area contributed by atoms with Crippen LogP contribution in [0.5, 0.6) is 0 Å². The highest BCUT2D eigenvalue weighted by atomic mass is 79.9. The fraction of sp³-hybridized carbons (Fsp3) is 0.529. The number of tetrazole rings is 1. The van der Waals surface area contributed by atoms with Crippen molar-refractivity contribution in [3.05, 3.63) is 28.7 Å². The Morgan fingerprint density at radius 2 is 2.12 bits per heavy atom. The third kappa shape index (κ3) is 3.83. The summed E-state index contributed by atoms with van der Waals surface area (Å²) in [4.78, 5) is 13.6. The molecule has 0 spiro atoms. The molecule has 1 N–H and O–H groups in total. The van der Waals surface area contributed by atoms with Gasteiger partial charge in [0.1, 0.15) is 6.54 Å². The van der Waals surface area contributed by atoms with Crippen molar-refractivity contribution in [3.63, 3.8) is 0 Å². The van der Waals surface area contributed by atoms with Gasteiger partial charge in [-0.1, -0.05) is 54.8 Å². The highest BCUT2D eigenvalue weighted by Gasteiger charge is 2.28. The summed E-state index contributed by atoms with van der Waals surface area (Å²) in [5.74, 6) is 1.60. The predicted molar refractivity (Wildman–Crippen MR) is 95.1 cm³/mol. The zero-order valence-electron chi connectivity index (χ0n) is 13.9. The zero-order valence-corrected chi connectivity index (χ0v) is 15.5. The summed E-state index contributed by atoms with van der Waals surface area (Å²) in [6.45, 7) is 4.56. The molecule has 3 rings (SSSR count). The van der Waals surface area contributed by atoms with Crippen molar-refractivity contribution in [2.45, 2.75) is 45.7 Å². The van der Waals surface area contributed by atoms with Crippen molar-refractivity contribution < 1.29 is 4.79 Å². The molecule has 1 aromatic carbocycles. The van der Waals surface area contributed by atoms with E-state index in [1.54, 1.807) is 0 Å². The molecule has 3 atom stereocenters. The maximum absolute atomic E-state index is 12.3. The lowest BCUT2D eigenvalue weighted by atomic mass is 9.78. The van der Waals surface area contributed by atoms with Gasteiger partial charge in [0.15, 0.2) is 0 Å². The van der Waals surface area contributed by atoms with Crippen LogP contribution in [0.4, 0.5) is 0 Å². The van der Waals surface area contributed by atoms with Crippen LogP contribution in [-0.2, 0) is 11.3 Å². The second-order valence-corrected chi connectivity index (χ2v) is 7.42. The molecule has 0 unspecified atom stereocenters. The molecule has 1 aliphatic carbocycles. The number of nitrogens with zero attached hydrogens (tertiary/aromatic N) is 4. The van der Waals surface area contributed by atoms with E-state index >= 15 is 0 Å². The first-order valence-corrected chi connectivity index (χ1v) is 9.16. The van der Waals surface area contributed by atoms with Gasteiger partial charge in [-0.25, -0.2) is 0 Å². The van der Waals surface area contributed by atoms with E-state index in [0.29, 0.717) is 17.7 Å². The summed E-state index contributed by atoms with van der Waals surface area (Å²) in [5.41, 5.74) is 0.860. The van der Waals surface area contributed by atoms with Crippen LogP contribution in [0.15, 0.2) is 28.7 Å². The SMILES string of the molecule is C[C@@H]1[C@H](C)CCC[C@H]1NC(=O)Cn1nnc(-c2ccccc2Br)n1. The van der Waals surface area contributed by atoms with Crippen LogP contribution in [0.25, 0.3) is 11.4 Å². The highest BCUT2D eigenvalue weighted by molar-refractivity contribution is 9.10. The van der Waals surface area contributed by atoms with Gasteiger partial charge in [0, 0.05) is 16.1 Å². The Hall–Kier alpha value is -1.76. The van der Waals surface area contributed by atoms with Crippen molar-refractivity contribution in [1.82, 2.24) is 25.5 Å². The van der Waals surface area contributed by atoms with Crippen molar-refractivity contribution in [2.24, 2.45) is 11.8 Å². The minimum absolute atomic E-state index is 0.0583. The first kappa shape index (κ1) is 17.1. The molecule has 1 heterocycles. The van der Waals surface area contributed by atoms with Crippen LogP contribution in [0, 0.1) is 11.8 Å². The number of nitrogens with one attached hydrogen (secondary N) is 1. The lowest BCUT2D eigenvalue weighted by Crippen LogP contribution is -2.45. The number of halogens is 1. The molecule has 24 heavy (non-hydrogen) atoms. The van der Waals surface area contributed by atoms with Crippen LogP contribution >= 0.6 is 15.9 Å². The van der Waals surface area contributed by atoms with E-state index in [1.165, 1.54) is 17.6 Å². The zero-order chi connectivity index (χ0) is 17.1. The van der Waals surface area contributed by atoms with Gasteiger partial charge >= 0.3 is 0 Å². The van der Waals surface area contributed by atoms with Gasteiger partial charge in [-0.3, -0.25) is 4.79 Å². The maximum atomic E-state index is 12.3. The normalized spacial score (nSPS) is 23.9. The van der Waals surface area contributed by atoms with Gasteiger partial charge in [0.2, 0.25) is 11.7 Å². The van der Waals surface area contributed by atoms with Crippen molar-refractivity contribution >= 4 is 21.8 Å². The Labute approximate surface area is 150 Å². The molecule has 0 aliphatic heterocycles. The molecule has 1 amide bonds. The molecule has 1 saturated carbocycles. The number of hydrogen-bond donors (Lipinski definition) is 1. The Balaban J connectivity index is 1.62. The minimum Gasteiger partial charge on any atom is -0.351 e. The van der Waals surface area contributed by atoms with Crippen molar-refractivity contribution in [2.75, 3.05) is 0 Å². The van der Waals surface area contributed by atoms with Gasteiger partial charge in [0.05, 0.1) is 0 Å². The van der Waals surface area contributed by atoms with Crippen molar-refractivity contribution in [1.29, 1.82) is 0 Å². The second kappa shape index (κ2) is 7.42. The van der Waals surface area contributed by atoms with Crippen LogP contribution in [0.2, 0.25) is 0 Å². The van der Waals surface area contributed by atoms with E-state index in [9.17, 15) is 4.79 Å². The predicted octanol–water partition coefficient (Wildman–Crippen LogP) is 3.04. The lowest BCUT2D eigenvalue weighted by Gasteiger charge is -2.34. The lowest BCUT2D eigenvalue weighted by molar-refractivity contribution is -0.123. The third-order valence-electron chi connectivity index (χ3n) is 4.91. The Morgan fingerprint density at radius 3 is 2.92 bits per heavy atom. The molecule has 6 nitrogen and oxygen atoms in total. The summed E-state index contributed by atoms with van der Waals surface area (Å²) in [7, 11) is 0. The summed E-state index contributed by atoms with van der Waals surface area (Å²) in [5, 5.41) is 15.5.